The van der Waals surface area contributed by atoms with Crippen LogP contribution in [0.25, 0.3) is 0 Å². The van der Waals surface area contributed by atoms with E-state index in [1.807, 2.05) is 12.1 Å². The van der Waals surface area contributed by atoms with Crippen LogP contribution in [0.15, 0.2) is 17.1 Å². The first-order valence-electron chi connectivity index (χ1n) is 9.48. The summed E-state index contributed by atoms with van der Waals surface area (Å²) in [6.07, 6.45) is 1.09. The van der Waals surface area contributed by atoms with E-state index in [1.54, 1.807) is 35.5 Å². The fraction of sp³-hybridized carbons (Fsp3) is 0.650. The van der Waals surface area contributed by atoms with Crippen molar-refractivity contribution in [2.24, 2.45) is 10.9 Å². The maximum Gasteiger partial charge on any atom is 0.203 e. The van der Waals surface area contributed by atoms with Gasteiger partial charge in [0, 0.05) is 45.3 Å². The van der Waals surface area contributed by atoms with E-state index in [0.717, 1.165) is 37.6 Å². The molecule has 1 saturated heterocycles. The van der Waals surface area contributed by atoms with Crippen molar-refractivity contribution >= 4 is 29.9 Å². The van der Waals surface area contributed by atoms with Crippen LogP contribution in [0.1, 0.15) is 12.0 Å². The highest BCUT2D eigenvalue weighted by atomic mass is 127. The Kier molecular flexibility index (Phi) is 12.1. The number of guanidine groups is 1. The fourth-order valence-corrected chi connectivity index (χ4v) is 3.36. The number of rotatable bonds is 10. The monoisotopic (exact) mass is 523 g/mol. The van der Waals surface area contributed by atoms with Crippen LogP contribution in [0, 0.1) is 5.92 Å². The molecule has 9 heteroatoms. The molecular weight excluding hydrogens is 489 g/mol. The number of likely N-dealkylation sites (tertiary alicyclic amines) is 1. The van der Waals surface area contributed by atoms with Gasteiger partial charge >= 0.3 is 0 Å². The van der Waals surface area contributed by atoms with Gasteiger partial charge in [-0.1, -0.05) is 0 Å². The molecule has 29 heavy (non-hydrogen) atoms. The largest absolute Gasteiger partial charge is 0.493 e. The van der Waals surface area contributed by atoms with Crippen LogP contribution in [0.5, 0.6) is 17.2 Å². The van der Waals surface area contributed by atoms with E-state index < -0.39 is 0 Å². The summed E-state index contributed by atoms with van der Waals surface area (Å²) < 4.78 is 27.0. The predicted molar refractivity (Wildman–Crippen MR) is 124 cm³/mol. The molecular formula is C20H34IN3O5. The van der Waals surface area contributed by atoms with Crippen molar-refractivity contribution in [1.29, 1.82) is 0 Å². The first-order chi connectivity index (χ1) is 13.7. The van der Waals surface area contributed by atoms with E-state index >= 15 is 0 Å². The Bertz CT molecular complexity index is 645. The molecule has 1 fully saturated rings. The van der Waals surface area contributed by atoms with Gasteiger partial charge in [-0.15, -0.1) is 24.0 Å². The number of halogens is 1. The minimum atomic E-state index is 0. The SMILES string of the molecule is CN=C(NCc1ccc(OC)c(OC)c1OC)N1CCC(COCCOC)C1.I. The third-order valence-electron chi connectivity index (χ3n) is 4.81. The van der Waals surface area contributed by atoms with E-state index in [0.29, 0.717) is 42.9 Å². The van der Waals surface area contributed by atoms with Gasteiger partial charge in [0.2, 0.25) is 5.75 Å². The van der Waals surface area contributed by atoms with Crippen LogP contribution in [-0.2, 0) is 16.0 Å². The molecule has 0 radical (unpaired) electrons. The van der Waals surface area contributed by atoms with E-state index in [4.69, 9.17) is 23.7 Å². The smallest absolute Gasteiger partial charge is 0.203 e. The van der Waals surface area contributed by atoms with Gasteiger partial charge in [0.15, 0.2) is 17.5 Å². The maximum atomic E-state index is 5.67. The third-order valence-corrected chi connectivity index (χ3v) is 4.81. The molecule has 8 nitrogen and oxygen atoms in total. The van der Waals surface area contributed by atoms with Gasteiger partial charge in [0.25, 0.3) is 0 Å². The Morgan fingerprint density at radius 2 is 1.86 bits per heavy atom. The van der Waals surface area contributed by atoms with Crippen molar-refractivity contribution in [2.45, 2.75) is 13.0 Å². The summed E-state index contributed by atoms with van der Waals surface area (Å²) >= 11 is 0. The molecule has 2 rings (SSSR count). The summed E-state index contributed by atoms with van der Waals surface area (Å²) in [4.78, 5) is 6.70. The Hall–Kier alpha value is -1.46. The topological polar surface area (TPSA) is 73.8 Å². The number of nitrogens with zero attached hydrogens (tertiary/aromatic N) is 2. The first-order valence-corrected chi connectivity index (χ1v) is 9.48. The van der Waals surface area contributed by atoms with Gasteiger partial charge < -0.3 is 33.9 Å². The van der Waals surface area contributed by atoms with Crippen LogP contribution >= 0.6 is 24.0 Å². The fourth-order valence-electron chi connectivity index (χ4n) is 3.36. The Morgan fingerprint density at radius 3 is 2.48 bits per heavy atom. The number of ether oxygens (including phenoxy) is 5. The number of methoxy groups -OCH3 is 4. The van der Waals surface area contributed by atoms with Gasteiger partial charge in [0.1, 0.15) is 0 Å². The molecule has 1 atom stereocenters. The average molecular weight is 523 g/mol. The summed E-state index contributed by atoms with van der Waals surface area (Å²) in [6, 6.07) is 3.85. The lowest BCUT2D eigenvalue weighted by Crippen LogP contribution is -2.40. The molecule has 0 aliphatic carbocycles. The number of aliphatic imine (C=N–C) groups is 1. The predicted octanol–water partition coefficient (Wildman–Crippen LogP) is 2.39. The molecule has 1 aromatic rings. The zero-order valence-electron chi connectivity index (χ0n) is 18.0. The second-order valence-electron chi connectivity index (χ2n) is 6.56. The average Bonchev–Trinajstić information content (AvgIpc) is 3.19. The summed E-state index contributed by atoms with van der Waals surface area (Å²) in [5.74, 6) is 3.27. The second-order valence-corrected chi connectivity index (χ2v) is 6.56. The van der Waals surface area contributed by atoms with Gasteiger partial charge in [-0.3, -0.25) is 4.99 Å². The van der Waals surface area contributed by atoms with Crippen LogP contribution in [-0.4, -0.2) is 79.3 Å². The molecule has 1 aliphatic rings. The highest BCUT2D eigenvalue weighted by molar-refractivity contribution is 14.0. The molecule has 1 unspecified atom stereocenters. The summed E-state index contributed by atoms with van der Waals surface area (Å²) in [5, 5.41) is 3.43. The van der Waals surface area contributed by atoms with Crippen molar-refractivity contribution in [1.82, 2.24) is 10.2 Å². The van der Waals surface area contributed by atoms with Crippen molar-refractivity contribution in [2.75, 3.05) is 68.4 Å². The Balaban J connectivity index is 0.00000420. The van der Waals surface area contributed by atoms with Gasteiger partial charge in [-0.2, -0.15) is 0 Å². The normalized spacial score (nSPS) is 16.4. The molecule has 0 bridgehead atoms. The third kappa shape index (κ3) is 7.07. The number of nitrogens with one attached hydrogen (secondary N) is 1. The maximum absolute atomic E-state index is 5.67. The van der Waals surface area contributed by atoms with Crippen molar-refractivity contribution in [3.05, 3.63) is 17.7 Å². The van der Waals surface area contributed by atoms with Crippen LogP contribution in [0.2, 0.25) is 0 Å². The number of hydrogen-bond acceptors (Lipinski definition) is 6. The molecule has 0 spiro atoms. The van der Waals surface area contributed by atoms with Gasteiger partial charge in [-0.05, 0) is 18.6 Å². The van der Waals surface area contributed by atoms with Crippen molar-refractivity contribution < 1.29 is 23.7 Å². The molecule has 1 aliphatic heterocycles. The summed E-state index contributed by atoms with van der Waals surface area (Å²) in [5.41, 5.74) is 0.972. The second kappa shape index (κ2) is 13.7. The molecule has 1 heterocycles. The quantitative estimate of drug-likeness (QED) is 0.219. The lowest BCUT2D eigenvalue weighted by molar-refractivity contribution is 0.0536. The zero-order valence-corrected chi connectivity index (χ0v) is 20.4. The lowest BCUT2D eigenvalue weighted by atomic mass is 10.1. The highest BCUT2D eigenvalue weighted by Crippen LogP contribution is 2.39. The van der Waals surface area contributed by atoms with E-state index in [2.05, 4.69) is 15.2 Å². The molecule has 0 saturated carbocycles. The minimum absolute atomic E-state index is 0. The Morgan fingerprint density at radius 1 is 1.10 bits per heavy atom. The van der Waals surface area contributed by atoms with Crippen LogP contribution < -0.4 is 19.5 Å². The number of hydrogen-bond donors (Lipinski definition) is 1. The highest BCUT2D eigenvalue weighted by Gasteiger charge is 2.25. The van der Waals surface area contributed by atoms with E-state index in [9.17, 15) is 0 Å². The molecule has 166 valence electrons. The van der Waals surface area contributed by atoms with Crippen LogP contribution in [0.3, 0.4) is 0 Å². The summed E-state index contributed by atoms with van der Waals surface area (Å²) in [7, 11) is 8.33. The van der Waals surface area contributed by atoms with Gasteiger partial charge in [-0.25, -0.2) is 0 Å². The Labute approximate surface area is 190 Å². The summed E-state index contributed by atoms with van der Waals surface area (Å²) in [6.45, 7) is 4.48. The van der Waals surface area contributed by atoms with E-state index in [1.165, 1.54) is 0 Å². The lowest BCUT2D eigenvalue weighted by Gasteiger charge is -2.23. The molecule has 0 aromatic heterocycles. The first kappa shape index (κ1) is 25.6. The van der Waals surface area contributed by atoms with E-state index in [-0.39, 0.29) is 24.0 Å². The molecule has 1 N–H and O–H groups in total. The molecule has 0 amide bonds. The zero-order chi connectivity index (χ0) is 20.4. The minimum Gasteiger partial charge on any atom is -0.493 e. The standard InChI is InChI=1S/C20H33N3O5.HI/c1-21-20(23-9-8-15(13-23)14-28-11-10-24-2)22-12-16-6-7-17(25-3)19(27-5)18(16)26-4;/h6-7,15H,8-14H2,1-5H3,(H,21,22);1H. The number of benzene rings is 1. The molecule has 1 aromatic carbocycles. The van der Waals surface area contributed by atoms with Crippen molar-refractivity contribution in [3.8, 4) is 17.2 Å². The van der Waals surface area contributed by atoms with Gasteiger partial charge in [0.05, 0.1) is 41.2 Å². The van der Waals surface area contributed by atoms with Crippen LogP contribution in [0.4, 0.5) is 0 Å². The van der Waals surface area contributed by atoms with Crippen molar-refractivity contribution in [3.63, 3.8) is 0 Å².